The van der Waals surface area contributed by atoms with Crippen LogP contribution in [0, 0.1) is 0 Å². The molecule has 0 amide bonds. The molecule has 0 saturated heterocycles. The first kappa shape index (κ1) is 5.48. The topological polar surface area (TPSA) is 38.4 Å². The average molecular weight is 200 g/mol. The molecule has 2 N–H and O–H groups in total. The van der Waals surface area contributed by atoms with E-state index in [0.717, 1.165) is 12.3 Å². The van der Waals surface area contributed by atoms with Gasteiger partial charge in [-0.3, -0.25) is 0 Å². The van der Waals surface area contributed by atoms with Crippen LogP contribution in [0.1, 0.15) is 6.42 Å². The van der Waals surface area contributed by atoms with Crippen LogP contribution in [0.25, 0.3) is 0 Å². The van der Waals surface area contributed by atoms with E-state index in [0.29, 0.717) is 0 Å². The van der Waals surface area contributed by atoms with Gasteiger partial charge in [-0.05, 0) is 0 Å². The zero-order valence-electron chi connectivity index (χ0n) is 4.52. The molecule has 7 heavy (non-hydrogen) atoms. The zero-order valence-corrected chi connectivity index (χ0v) is 7.81. The van der Waals surface area contributed by atoms with Crippen molar-refractivity contribution in [2.75, 3.05) is 0 Å². The van der Waals surface area contributed by atoms with Crippen molar-refractivity contribution in [3.05, 3.63) is 0 Å². The van der Waals surface area contributed by atoms with Gasteiger partial charge in [-0.25, -0.2) is 0 Å². The molecule has 0 atom stereocenters. The van der Waals surface area contributed by atoms with Crippen LogP contribution < -0.4 is 5.73 Å². The van der Waals surface area contributed by atoms with E-state index < -0.39 is 21.7 Å². The van der Waals surface area contributed by atoms with E-state index in [9.17, 15) is 0 Å². The first-order valence-corrected chi connectivity index (χ1v) is 9.71. The van der Waals surface area contributed by atoms with E-state index in [1.807, 2.05) is 0 Å². The fourth-order valence-corrected chi connectivity index (χ4v) is 5.16. The van der Waals surface area contributed by atoms with Crippen molar-refractivity contribution in [1.82, 2.24) is 0 Å². The van der Waals surface area contributed by atoms with E-state index >= 15 is 0 Å². The van der Waals surface area contributed by atoms with Crippen molar-refractivity contribution in [3.8, 4) is 0 Å². The van der Waals surface area contributed by atoms with Gasteiger partial charge in [0, 0.05) is 0 Å². The molecule has 0 saturated carbocycles. The van der Waals surface area contributed by atoms with Gasteiger partial charge in [0.2, 0.25) is 0 Å². The van der Waals surface area contributed by atoms with Gasteiger partial charge in [0.25, 0.3) is 0 Å². The Bertz CT molecular complexity index is 99.9. The van der Waals surface area contributed by atoms with Gasteiger partial charge in [0.15, 0.2) is 0 Å². The fraction of sp³-hybridized carbons (Fsp3) is 0.750. The third-order valence-electron chi connectivity index (χ3n) is 1.20. The monoisotopic (exact) mass is 200 g/mol. The van der Waals surface area contributed by atoms with Gasteiger partial charge < -0.3 is 0 Å². The van der Waals surface area contributed by atoms with Crippen LogP contribution >= 0.6 is 0 Å². The molecule has 1 aliphatic rings. The Morgan fingerprint density at radius 1 is 1.86 bits per heavy atom. The van der Waals surface area contributed by atoms with E-state index in [2.05, 4.69) is 7.66 Å². The van der Waals surface area contributed by atoms with Crippen LogP contribution in [-0.4, -0.2) is 27.6 Å². The van der Waals surface area contributed by atoms with Crippen molar-refractivity contribution in [2.24, 2.45) is 8.71 Å². The first-order valence-electron chi connectivity index (χ1n) is 2.61. The Balaban J connectivity index is 2.50. The Hall–Kier alpha value is 0.340. The zero-order chi connectivity index (χ0) is 5.28. The van der Waals surface area contributed by atoms with E-state index in [-0.39, 0.29) is 0 Å². The molecule has 1 rings (SSSR count). The molecule has 0 fully saturated rings. The molecule has 0 aliphatic carbocycles. The summed E-state index contributed by atoms with van der Waals surface area (Å²) in [6, 6.07) is 0. The van der Waals surface area contributed by atoms with Crippen molar-refractivity contribution in [2.45, 2.75) is 15.3 Å². The minimum absolute atomic E-state index is 0.920. The number of amidine groups is 1. The SMILES string of the molecule is [CH3][In]1[CH2]CC(N)=[N]1. The Morgan fingerprint density at radius 2 is 2.57 bits per heavy atom. The second-order valence-electron chi connectivity index (χ2n) is 2.01. The summed E-state index contributed by atoms with van der Waals surface area (Å²) in [5.41, 5.74) is 5.43. The first-order chi connectivity index (χ1) is 3.29. The molecule has 2 nitrogen and oxygen atoms in total. The predicted molar refractivity (Wildman–Crippen MR) is 32.7 cm³/mol. The standard InChI is InChI=1S/C3H6N2.CH3.In/c1-2-3(4)5;;/h1-2H2,(H2-,4,5);1H3;/q-1;;+1. The van der Waals surface area contributed by atoms with E-state index in [4.69, 9.17) is 5.73 Å². The third-order valence-corrected chi connectivity index (χ3v) is 6.62. The second kappa shape index (κ2) is 2.07. The predicted octanol–water partition coefficient (Wildman–Crippen LogP) is 0.369. The number of hydrogen-bond donors (Lipinski definition) is 1. The van der Waals surface area contributed by atoms with E-state index in [1.54, 1.807) is 0 Å². The summed E-state index contributed by atoms with van der Waals surface area (Å²) >= 11 is -1.22. The molecule has 0 radical (unpaired) electrons. The fourth-order valence-electron chi connectivity index (χ4n) is 0.769. The van der Waals surface area contributed by atoms with Crippen molar-refractivity contribution in [3.63, 3.8) is 0 Å². The molecular weight excluding hydrogens is 191 g/mol. The molecule has 0 aromatic rings. The Kier molecular flexibility index (Phi) is 1.62. The minimum atomic E-state index is -1.22. The average Bonchev–Trinajstić information content (AvgIpc) is 1.87. The molecule has 0 aromatic heterocycles. The number of rotatable bonds is 0. The molecule has 1 aliphatic heterocycles. The van der Waals surface area contributed by atoms with Gasteiger partial charge >= 0.3 is 51.6 Å². The Labute approximate surface area is 51.7 Å². The third kappa shape index (κ3) is 1.37. The number of hydrogen-bond acceptors (Lipinski definition) is 2. The molecule has 38 valence electrons. The van der Waals surface area contributed by atoms with Crippen molar-refractivity contribution in [1.29, 1.82) is 0 Å². The maximum atomic E-state index is 5.43. The van der Waals surface area contributed by atoms with E-state index in [1.165, 1.54) is 4.18 Å². The molecule has 1 heterocycles. The van der Waals surface area contributed by atoms with Crippen LogP contribution in [0.4, 0.5) is 0 Å². The van der Waals surface area contributed by atoms with Gasteiger partial charge in [-0.2, -0.15) is 0 Å². The van der Waals surface area contributed by atoms with Gasteiger partial charge in [0.1, 0.15) is 0 Å². The number of nitrogens with two attached hydrogens (primary N) is 1. The van der Waals surface area contributed by atoms with Gasteiger partial charge in [0.05, 0.1) is 0 Å². The Morgan fingerprint density at radius 3 is 2.71 bits per heavy atom. The molecule has 3 heteroatoms. The normalized spacial score (nSPS) is 20.1. The molecule has 0 bridgehead atoms. The molecule has 0 aromatic carbocycles. The number of nitrogens with zero attached hydrogens (tertiary/aromatic N) is 1. The molecule has 0 unspecified atom stereocenters. The maximum absolute atomic E-state index is 5.43. The summed E-state index contributed by atoms with van der Waals surface area (Å²) < 4.78 is 7.94. The van der Waals surface area contributed by atoms with Crippen LogP contribution in [0.3, 0.4) is 0 Å². The van der Waals surface area contributed by atoms with Crippen LogP contribution in [0.15, 0.2) is 2.98 Å². The summed E-state index contributed by atoms with van der Waals surface area (Å²) in [6.45, 7) is 0. The van der Waals surface area contributed by atoms with Crippen molar-refractivity contribution < 1.29 is 0 Å². The van der Waals surface area contributed by atoms with Crippen LogP contribution in [0.2, 0.25) is 8.86 Å². The quantitative estimate of drug-likeness (QED) is 0.602. The van der Waals surface area contributed by atoms with Gasteiger partial charge in [-0.15, -0.1) is 0 Å². The summed E-state index contributed by atoms with van der Waals surface area (Å²) in [5, 5.41) is 0. The molecule has 0 spiro atoms. The second-order valence-corrected chi connectivity index (χ2v) is 9.24. The van der Waals surface area contributed by atoms with Crippen LogP contribution in [0.5, 0.6) is 0 Å². The van der Waals surface area contributed by atoms with Crippen LogP contribution in [-0.2, 0) is 0 Å². The van der Waals surface area contributed by atoms with Gasteiger partial charge in [-0.1, -0.05) is 0 Å². The summed E-state index contributed by atoms with van der Waals surface area (Å²) in [6.07, 6.45) is 1.09. The molecular formula is C4H9InN2. The summed E-state index contributed by atoms with van der Waals surface area (Å²) in [5.74, 6) is 0.920. The summed E-state index contributed by atoms with van der Waals surface area (Å²) in [4.78, 5) is 0. The van der Waals surface area contributed by atoms with Crippen molar-refractivity contribution >= 4 is 27.6 Å². The summed E-state index contributed by atoms with van der Waals surface area (Å²) in [7, 11) is 0.